The number of carbonyl (C=O) groups is 1. The van der Waals surface area contributed by atoms with Crippen molar-refractivity contribution in [1.29, 1.82) is 0 Å². The first-order chi connectivity index (χ1) is 15.3. The zero-order valence-corrected chi connectivity index (χ0v) is 16.7. The molecule has 0 spiro atoms. The van der Waals surface area contributed by atoms with Gasteiger partial charge in [-0.1, -0.05) is 30.3 Å². The summed E-state index contributed by atoms with van der Waals surface area (Å²) in [5, 5.41) is 17.0. The summed E-state index contributed by atoms with van der Waals surface area (Å²) in [5.74, 6) is -1.03. The van der Waals surface area contributed by atoms with E-state index in [0.29, 0.717) is 23.5 Å². The molecular weight excluding hydrogens is 419 g/mol. The molecular formula is C24H18F3N3O2. The number of nitrogens with zero attached hydrogens (tertiary/aromatic N) is 2. The lowest BCUT2D eigenvalue weighted by atomic mass is 10.1. The molecule has 1 aromatic heterocycles. The molecule has 0 bridgehead atoms. The van der Waals surface area contributed by atoms with Gasteiger partial charge in [0, 0.05) is 29.6 Å². The van der Waals surface area contributed by atoms with E-state index >= 15 is 0 Å². The van der Waals surface area contributed by atoms with E-state index in [2.05, 4.69) is 10.4 Å². The zero-order valence-electron chi connectivity index (χ0n) is 16.7. The van der Waals surface area contributed by atoms with Crippen molar-refractivity contribution in [3.8, 4) is 16.9 Å². The molecule has 0 amide bonds. The fourth-order valence-corrected chi connectivity index (χ4v) is 3.24. The Labute approximate surface area is 181 Å². The van der Waals surface area contributed by atoms with E-state index in [1.54, 1.807) is 18.3 Å². The Balaban J connectivity index is 1.69. The maximum absolute atomic E-state index is 12.9. The number of carboxylic acid groups (broad SMARTS) is 1. The van der Waals surface area contributed by atoms with Crippen LogP contribution in [0.15, 0.2) is 85.1 Å². The summed E-state index contributed by atoms with van der Waals surface area (Å²) in [7, 11) is 0. The van der Waals surface area contributed by atoms with Crippen molar-refractivity contribution in [1.82, 2.24) is 9.78 Å². The van der Waals surface area contributed by atoms with Crippen LogP contribution in [0.25, 0.3) is 16.9 Å². The van der Waals surface area contributed by atoms with Gasteiger partial charge in [0.1, 0.15) is 0 Å². The highest BCUT2D eigenvalue weighted by Crippen LogP contribution is 2.30. The summed E-state index contributed by atoms with van der Waals surface area (Å²) in [6.07, 6.45) is -2.66. The minimum Gasteiger partial charge on any atom is -0.478 e. The van der Waals surface area contributed by atoms with Crippen LogP contribution >= 0.6 is 0 Å². The van der Waals surface area contributed by atoms with E-state index in [4.69, 9.17) is 5.11 Å². The molecule has 162 valence electrons. The molecule has 4 rings (SSSR count). The summed E-state index contributed by atoms with van der Waals surface area (Å²) in [6.45, 7) is 0.417. The molecule has 0 aliphatic rings. The standard InChI is InChI=1S/C24H18F3N3O2/c25-24(26,27)19-10-12-21(13-11-19)30-15-18(14-28-20-4-2-1-3-5-20)22(29-30)16-6-8-17(9-7-16)23(31)32/h1-13,15,28H,14H2,(H,31,32). The van der Waals surface area contributed by atoms with Crippen LogP contribution in [0.4, 0.5) is 18.9 Å². The highest BCUT2D eigenvalue weighted by molar-refractivity contribution is 5.88. The van der Waals surface area contributed by atoms with Gasteiger partial charge < -0.3 is 10.4 Å². The van der Waals surface area contributed by atoms with Crippen LogP contribution in [0.3, 0.4) is 0 Å². The molecule has 1 heterocycles. The average Bonchev–Trinajstić information content (AvgIpc) is 3.22. The first kappa shape index (κ1) is 21.2. The lowest BCUT2D eigenvalue weighted by Gasteiger charge is -2.07. The highest BCUT2D eigenvalue weighted by atomic mass is 19.4. The number of anilines is 1. The number of nitrogens with one attached hydrogen (secondary N) is 1. The van der Waals surface area contributed by atoms with Gasteiger partial charge in [-0.15, -0.1) is 0 Å². The Bertz CT molecular complexity index is 1220. The third-order valence-corrected chi connectivity index (χ3v) is 4.91. The number of carboxylic acids is 1. The third kappa shape index (κ3) is 4.64. The third-order valence-electron chi connectivity index (χ3n) is 4.91. The van der Waals surface area contributed by atoms with E-state index < -0.39 is 17.7 Å². The minimum atomic E-state index is -4.41. The van der Waals surface area contributed by atoms with Crippen LogP contribution in [0, 0.1) is 0 Å². The largest absolute Gasteiger partial charge is 0.478 e. The quantitative estimate of drug-likeness (QED) is 0.396. The highest BCUT2D eigenvalue weighted by Gasteiger charge is 2.30. The van der Waals surface area contributed by atoms with E-state index in [0.717, 1.165) is 23.4 Å². The number of hydrogen-bond donors (Lipinski definition) is 2. The van der Waals surface area contributed by atoms with Gasteiger partial charge in [-0.05, 0) is 48.5 Å². The Hall–Kier alpha value is -4.07. The maximum Gasteiger partial charge on any atom is 0.416 e. The lowest BCUT2D eigenvalue weighted by Crippen LogP contribution is -2.05. The van der Waals surface area contributed by atoms with Gasteiger partial charge in [0.05, 0.1) is 22.5 Å². The van der Waals surface area contributed by atoms with Crippen molar-refractivity contribution in [3.05, 3.63) is 102 Å². The predicted octanol–water partition coefficient (Wildman–Crippen LogP) is 5.87. The number of alkyl halides is 3. The van der Waals surface area contributed by atoms with Crippen LogP contribution in [-0.2, 0) is 12.7 Å². The number of hydrogen-bond acceptors (Lipinski definition) is 3. The summed E-state index contributed by atoms with van der Waals surface area (Å²) in [4.78, 5) is 11.2. The van der Waals surface area contributed by atoms with E-state index in [9.17, 15) is 18.0 Å². The SMILES string of the molecule is O=C(O)c1ccc(-c2nn(-c3ccc(C(F)(F)F)cc3)cc2CNc2ccccc2)cc1. The van der Waals surface area contributed by atoms with Gasteiger partial charge in [-0.25, -0.2) is 9.48 Å². The first-order valence-electron chi connectivity index (χ1n) is 9.70. The Morgan fingerprint density at radius 3 is 2.19 bits per heavy atom. The summed E-state index contributed by atoms with van der Waals surface area (Å²) in [6, 6.07) is 20.6. The van der Waals surface area contributed by atoms with E-state index in [1.165, 1.54) is 28.9 Å². The molecule has 0 atom stereocenters. The molecule has 3 aromatic carbocycles. The molecule has 2 N–H and O–H groups in total. The Morgan fingerprint density at radius 2 is 1.59 bits per heavy atom. The van der Waals surface area contributed by atoms with Gasteiger partial charge in [0.25, 0.3) is 0 Å². The molecule has 0 saturated heterocycles. The molecule has 0 unspecified atom stereocenters. The first-order valence-corrected chi connectivity index (χ1v) is 9.70. The molecule has 0 aliphatic carbocycles. The van der Waals surface area contributed by atoms with Crippen molar-refractivity contribution in [2.75, 3.05) is 5.32 Å². The number of halogens is 3. The van der Waals surface area contributed by atoms with Crippen molar-refractivity contribution in [3.63, 3.8) is 0 Å². The summed E-state index contributed by atoms with van der Waals surface area (Å²) < 4.78 is 40.2. The summed E-state index contributed by atoms with van der Waals surface area (Å²) in [5.41, 5.74) is 2.91. The molecule has 0 radical (unpaired) electrons. The van der Waals surface area contributed by atoms with Gasteiger partial charge >= 0.3 is 12.1 Å². The Kier molecular flexibility index (Phi) is 5.68. The van der Waals surface area contributed by atoms with Crippen LogP contribution in [0.5, 0.6) is 0 Å². The predicted molar refractivity (Wildman–Crippen MR) is 115 cm³/mol. The molecule has 0 saturated carbocycles. The van der Waals surface area contributed by atoms with Crippen LogP contribution < -0.4 is 5.32 Å². The molecule has 4 aromatic rings. The second-order valence-corrected chi connectivity index (χ2v) is 7.09. The van der Waals surface area contributed by atoms with E-state index in [1.807, 2.05) is 30.3 Å². The average molecular weight is 437 g/mol. The van der Waals surface area contributed by atoms with Crippen molar-refractivity contribution in [2.45, 2.75) is 12.7 Å². The van der Waals surface area contributed by atoms with Crippen molar-refractivity contribution in [2.24, 2.45) is 0 Å². The van der Waals surface area contributed by atoms with Crippen LogP contribution in [0.2, 0.25) is 0 Å². The molecule has 0 fully saturated rings. The Morgan fingerprint density at radius 1 is 0.938 bits per heavy atom. The molecule has 5 nitrogen and oxygen atoms in total. The lowest BCUT2D eigenvalue weighted by molar-refractivity contribution is -0.137. The molecule has 32 heavy (non-hydrogen) atoms. The summed E-state index contributed by atoms with van der Waals surface area (Å²) >= 11 is 0. The van der Waals surface area contributed by atoms with Crippen LogP contribution in [0.1, 0.15) is 21.5 Å². The fraction of sp³-hybridized carbons (Fsp3) is 0.0833. The minimum absolute atomic E-state index is 0.153. The number of benzene rings is 3. The van der Waals surface area contributed by atoms with Crippen LogP contribution in [-0.4, -0.2) is 20.9 Å². The number of aromatic carboxylic acids is 1. The van der Waals surface area contributed by atoms with Gasteiger partial charge in [0.15, 0.2) is 0 Å². The second kappa shape index (κ2) is 8.58. The van der Waals surface area contributed by atoms with E-state index in [-0.39, 0.29) is 5.56 Å². The van der Waals surface area contributed by atoms with Crippen molar-refractivity contribution >= 4 is 11.7 Å². The smallest absolute Gasteiger partial charge is 0.416 e. The molecule has 0 aliphatic heterocycles. The number of rotatable bonds is 6. The topological polar surface area (TPSA) is 67.1 Å². The molecule has 8 heteroatoms. The second-order valence-electron chi connectivity index (χ2n) is 7.09. The normalized spacial score (nSPS) is 11.3. The van der Waals surface area contributed by atoms with Gasteiger partial charge in [-0.3, -0.25) is 0 Å². The zero-order chi connectivity index (χ0) is 22.7. The van der Waals surface area contributed by atoms with Gasteiger partial charge in [0.2, 0.25) is 0 Å². The maximum atomic E-state index is 12.9. The number of para-hydroxylation sites is 1. The monoisotopic (exact) mass is 437 g/mol. The van der Waals surface area contributed by atoms with Gasteiger partial charge in [-0.2, -0.15) is 18.3 Å². The fourth-order valence-electron chi connectivity index (χ4n) is 3.24. The number of aromatic nitrogens is 2. The van der Waals surface area contributed by atoms with Crippen molar-refractivity contribution < 1.29 is 23.1 Å².